The lowest BCUT2D eigenvalue weighted by Crippen LogP contribution is -2.45. The first-order valence-electron chi connectivity index (χ1n) is 9.01. The minimum Gasteiger partial charge on any atom is -0.381 e. The molecule has 0 saturated carbocycles. The van der Waals surface area contributed by atoms with Gasteiger partial charge >= 0.3 is 0 Å². The fraction of sp³-hybridized carbons (Fsp3) is 0.500. The predicted octanol–water partition coefficient (Wildman–Crippen LogP) is 3.10. The number of halogens is 1. The lowest BCUT2D eigenvalue weighted by atomic mass is 9.74. The number of aromatic nitrogens is 2. The van der Waals surface area contributed by atoms with E-state index in [0.717, 1.165) is 34.8 Å². The van der Waals surface area contributed by atoms with Crippen LogP contribution in [0.15, 0.2) is 24.3 Å². The number of amides is 1. The third-order valence-electron chi connectivity index (χ3n) is 5.53. The second-order valence-corrected chi connectivity index (χ2v) is 7.56. The zero-order valence-electron chi connectivity index (χ0n) is 15.6. The molecule has 6 heteroatoms. The molecule has 0 atom stereocenters. The van der Waals surface area contributed by atoms with Crippen molar-refractivity contribution in [1.82, 2.24) is 15.1 Å². The maximum Gasteiger partial charge on any atom is 0.224 e. The van der Waals surface area contributed by atoms with Gasteiger partial charge in [0.2, 0.25) is 5.91 Å². The number of hydrogen-bond donors (Lipinski definition) is 1. The minimum absolute atomic E-state index is 0.0315. The molecule has 1 saturated heterocycles. The summed E-state index contributed by atoms with van der Waals surface area (Å²) in [6.45, 7) is 5.97. The Morgan fingerprint density at radius 2 is 1.92 bits per heavy atom. The lowest BCUT2D eigenvalue weighted by molar-refractivity contribution is -0.121. The third kappa shape index (κ3) is 3.94. The van der Waals surface area contributed by atoms with Crippen molar-refractivity contribution in [3.8, 4) is 0 Å². The SMILES string of the molecule is Cc1nn(C)c(C)c1CC(=O)NCC1(c2ccc(Cl)cc2)CCOCC1. The van der Waals surface area contributed by atoms with E-state index in [1.54, 1.807) is 0 Å². The summed E-state index contributed by atoms with van der Waals surface area (Å²) in [4.78, 5) is 12.6. The van der Waals surface area contributed by atoms with Crippen molar-refractivity contribution in [2.24, 2.45) is 7.05 Å². The van der Waals surface area contributed by atoms with E-state index in [-0.39, 0.29) is 11.3 Å². The summed E-state index contributed by atoms with van der Waals surface area (Å²) in [5.41, 5.74) is 4.07. The first kappa shape index (κ1) is 18.9. The second kappa shape index (κ2) is 7.80. The van der Waals surface area contributed by atoms with Gasteiger partial charge in [-0.15, -0.1) is 0 Å². The van der Waals surface area contributed by atoms with E-state index in [1.807, 2.05) is 37.7 Å². The second-order valence-electron chi connectivity index (χ2n) is 7.13. The van der Waals surface area contributed by atoms with Gasteiger partial charge in [-0.3, -0.25) is 9.48 Å². The average molecular weight is 376 g/mol. The number of rotatable bonds is 5. The molecule has 2 aromatic rings. The van der Waals surface area contributed by atoms with E-state index >= 15 is 0 Å². The standard InChI is InChI=1S/C20H26ClN3O2/c1-14-18(15(2)24(3)23-14)12-19(25)22-13-20(8-10-26-11-9-20)16-4-6-17(21)7-5-16/h4-7H,8-13H2,1-3H3,(H,22,25). The molecule has 0 aliphatic carbocycles. The maximum atomic E-state index is 12.6. The van der Waals surface area contributed by atoms with Crippen molar-refractivity contribution in [2.75, 3.05) is 19.8 Å². The largest absolute Gasteiger partial charge is 0.381 e. The molecule has 3 rings (SSSR count). The number of nitrogens with zero attached hydrogens (tertiary/aromatic N) is 2. The summed E-state index contributed by atoms with van der Waals surface area (Å²) in [6, 6.07) is 7.96. The van der Waals surface area contributed by atoms with Gasteiger partial charge < -0.3 is 10.1 Å². The molecule has 26 heavy (non-hydrogen) atoms. The van der Waals surface area contributed by atoms with Gasteiger partial charge in [-0.1, -0.05) is 23.7 Å². The first-order chi connectivity index (χ1) is 12.4. The van der Waals surface area contributed by atoms with Gasteiger partial charge in [0, 0.05) is 48.5 Å². The van der Waals surface area contributed by atoms with Crippen LogP contribution in [-0.2, 0) is 28.4 Å². The molecule has 1 amide bonds. The Hall–Kier alpha value is -1.85. The zero-order valence-corrected chi connectivity index (χ0v) is 16.4. The Morgan fingerprint density at radius 3 is 2.50 bits per heavy atom. The van der Waals surface area contributed by atoms with E-state index in [1.165, 1.54) is 5.56 Å². The van der Waals surface area contributed by atoms with Crippen LogP contribution in [0.25, 0.3) is 0 Å². The van der Waals surface area contributed by atoms with Crippen LogP contribution in [0.5, 0.6) is 0 Å². The van der Waals surface area contributed by atoms with Crippen LogP contribution in [0.4, 0.5) is 0 Å². The third-order valence-corrected chi connectivity index (χ3v) is 5.78. The van der Waals surface area contributed by atoms with Crippen molar-refractivity contribution in [2.45, 2.75) is 38.5 Å². The quantitative estimate of drug-likeness (QED) is 0.873. The highest BCUT2D eigenvalue weighted by molar-refractivity contribution is 6.30. The maximum absolute atomic E-state index is 12.6. The van der Waals surface area contributed by atoms with Gasteiger partial charge in [0.15, 0.2) is 0 Å². The molecular weight excluding hydrogens is 350 g/mol. The molecule has 1 N–H and O–H groups in total. The van der Waals surface area contributed by atoms with E-state index in [2.05, 4.69) is 22.5 Å². The molecule has 0 spiro atoms. The Morgan fingerprint density at radius 1 is 1.27 bits per heavy atom. The van der Waals surface area contributed by atoms with Crippen molar-refractivity contribution < 1.29 is 9.53 Å². The van der Waals surface area contributed by atoms with Crippen LogP contribution in [0.2, 0.25) is 5.02 Å². The van der Waals surface area contributed by atoms with Crippen molar-refractivity contribution in [3.63, 3.8) is 0 Å². The van der Waals surface area contributed by atoms with E-state index in [0.29, 0.717) is 26.2 Å². The van der Waals surface area contributed by atoms with Crippen LogP contribution < -0.4 is 5.32 Å². The number of nitrogens with one attached hydrogen (secondary N) is 1. The Labute approximate surface area is 159 Å². The highest BCUT2D eigenvalue weighted by Gasteiger charge is 2.34. The van der Waals surface area contributed by atoms with E-state index in [4.69, 9.17) is 16.3 Å². The number of benzene rings is 1. The Balaban J connectivity index is 1.71. The number of aryl methyl sites for hydroxylation is 2. The fourth-order valence-corrected chi connectivity index (χ4v) is 3.82. The summed E-state index contributed by atoms with van der Waals surface area (Å²) in [6.07, 6.45) is 2.14. The van der Waals surface area contributed by atoms with Crippen LogP contribution in [0, 0.1) is 13.8 Å². The molecule has 1 fully saturated rings. The summed E-state index contributed by atoms with van der Waals surface area (Å²) < 4.78 is 7.38. The Bertz CT molecular complexity index is 777. The van der Waals surface area contributed by atoms with Gasteiger partial charge in [0.05, 0.1) is 12.1 Å². The topological polar surface area (TPSA) is 56.2 Å². The van der Waals surface area contributed by atoms with Crippen molar-refractivity contribution >= 4 is 17.5 Å². The van der Waals surface area contributed by atoms with Crippen LogP contribution >= 0.6 is 11.6 Å². The molecule has 0 bridgehead atoms. The molecule has 2 heterocycles. The first-order valence-corrected chi connectivity index (χ1v) is 9.39. The van der Waals surface area contributed by atoms with E-state index in [9.17, 15) is 4.79 Å². The predicted molar refractivity (Wildman–Crippen MR) is 103 cm³/mol. The van der Waals surface area contributed by atoms with Crippen molar-refractivity contribution in [1.29, 1.82) is 0 Å². The Kier molecular flexibility index (Phi) is 5.68. The van der Waals surface area contributed by atoms with Crippen LogP contribution in [0.3, 0.4) is 0 Å². The molecular formula is C20H26ClN3O2. The molecule has 5 nitrogen and oxygen atoms in total. The number of carbonyl (C=O) groups excluding carboxylic acids is 1. The molecule has 1 aromatic carbocycles. The van der Waals surface area contributed by atoms with Gasteiger partial charge in [-0.05, 0) is 44.4 Å². The number of hydrogen-bond acceptors (Lipinski definition) is 3. The highest BCUT2D eigenvalue weighted by Crippen LogP contribution is 2.35. The summed E-state index contributed by atoms with van der Waals surface area (Å²) in [5, 5.41) is 8.27. The number of ether oxygens (including phenoxy) is 1. The van der Waals surface area contributed by atoms with Crippen LogP contribution in [0.1, 0.15) is 35.4 Å². The van der Waals surface area contributed by atoms with Gasteiger partial charge in [-0.2, -0.15) is 5.10 Å². The smallest absolute Gasteiger partial charge is 0.224 e. The minimum atomic E-state index is -0.0997. The molecule has 140 valence electrons. The van der Waals surface area contributed by atoms with E-state index < -0.39 is 0 Å². The summed E-state index contributed by atoms with van der Waals surface area (Å²) >= 11 is 6.04. The summed E-state index contributed by atoms with van der Waals surface area (Å²) in [5.74, 6) is 0.0315. The highest BCUT2D eigenvalue weighted by atomic mass is 35.5. The molecule has 1 aliphatic rings. The van der Waals surface area contributed by atoms with Gasteiger partial charge in [0.25, 0.3) is 0 Å². The van der Waals surface area contributed by atoms with Crippen molar-refractivity contribution in [3.05, 3.63) is 51.8 Å². The fourth-order valence-electron chi connectivity index (χ4n) is 3.70. The average Bonchev–Trinajstić information content (AvgIpc) is 2.87. The number of carbonyl (C=O) groups is 1. The summed E-state index contributed by atoms with van der Waals surface area (Å²) in [7, 11) is 1.90. The molecule has 1 aromatic heterocycles. The van der Waals surface area contributed by atoms with Gasteiger partial charge in [0.1, 0.15) is 0 Å². The normalized spacial score (nSPS) is 16.5. The molecule has 1 aliphatic heterocycles. The zero-order chi connectivity index (χ0) is 18.7. The van der Waals surface area contributed by atoms with Crippen LogP contribution in [-0.4, -0.2) is 35.4 Å². The molecule has 0 unspecified atom stereocenters. The van der Waals surface area contributed by atoms with Gasteiger partial charge in [-0.25, -0.2) is 0 Å². The molecule has 0 radical (unpaired) electrons. The monoisotopic (exact) mass is 375 g/mol. The lowest BCUT2D eigenvalue weighted by Gasteiger charge is -2.38.